The summed E-state index contributed by atoms with van der Waals surface area (Å²) in [5.74, 6) is -0.00624. The van der Waals surface area contributed by atoms with E-state index < -0.39 is 42.7 Å². The summed E-state index contributed by atoms with van der Waals surface area (Å²) in [5.41, 5.74) is 3.34. The van der Waals surface area contributed by atoms with Gasteiger partial charge in [-0.2, -0.15) is 12.7 Å². The molecule has 12 heteroatoms. The van der Waals surface area contributed by atoms with Gasteiger partial charge in [0.05, 0.1) is 6.04 Å². The average Bonchev–Trinajstić information content (AvgIpc) is 3.32. The van der Waals surface area contributed by atoms with Crippen LogP contribution in [0.25, 0.3) is 10.3 Å². The van der Waals surface area contributed by atoms with Gasteiger partial charge >= 0.3 is 10.2 Å². The van der Waals surface area contributed by atoms with Gasteiger partial charge in [0.15, 0.2) is 5.01 Å². The van der Waals surface area contributed by atoms with E-state index in [1.165, 1.54) is 32.4 Å². The average molecular weight is 580 g/mol. The maximum Gasteiger partial charge on any atom is 0.302 e. The highest BCUT2D eigenvalue weighted by Gasteiger charge is 2.30. The van der Waals surface area contributed by atoms with Gasteiger partial charge in [0.2, 0.25) is 0 Å². The molecule has 212 valence electrons. The summed E-state index contributed by atoms with van der Waals surface area (Å²) in [7, 11) is -1.10. The first-order valence-electron chi connectivity index (χ1n) is 15.7. The number of pyridine rings is 2. The molecule has 3 aromatic heterocycles. The fourth-order valence-electron chi connectivity index (χ4n) is 4.54. The molecule has 2 atom stereocenters. The van der Waals surface area contributed by atoms with E-state index in [2.05, 4.69) is 40.8 Å². The third-order valence-electron chi connectivity index (χ3n) is 7.02. The number of aromatic nitrogens is 3. The lowest BCUT2D eigenvalue weighted by Crippen LogP contribution is -2.31. The van der Waals surface area contributed by atoms with Gasteiger partial charge in [-0.1, -0.05) is 38.2 Å². The molecule has 1 amide bonds. The molecule has 10 nitrogen and oxygen atoms in total. The monoisotopic (exact) mass is 579 g/mol. The Balaban J connectivity index is 1.61. The van der Waals surface area contributed by atoms with Crippen molar-refractivity contribution in [3.63, 3.8) is 0 Å². The molecule has 0 saturated heterocycles. The topological polar surface area (TPSA) is 120 Å². The number of anilines is 1. The molecule has 1 aliphatic carbocycles. The fraction of sp³-hybridized carbons (Fsp3) is 0.556. The number of amides is 1. The van der Waals surface area contributed by atoms with Crippen molar-refractivity contribution in [3.05, 3.63) is 46.2 Å². The minimum atomic E-state index is -3.82. The minimum Gasteiger partial charge on any atom is -0.343 e. The molecule has 0 fully saturated rings. The van der Waals surface area contributed by atoms with E-state index in [1.807, 2.05) is 6.07 Å². The van der Waals surface area contributed by atoms with E-state index in [-0.39, 0.29) is 22.7 Å². The standard InChI is InChI=1S/C27H39N7O3S2/c1-27(2,3)19-9-10-20-18(14-19)15-22-25(30-20)38-26(31-22)24(35)29-21(12-13-33(4)5)17-8-11-23(28-16-17)32-39(36,37)34(6)7/h8,11,15-16,19,21H,9-10,12-14H2,1-7H3,(H,28,32)(H,29,35)/t19-,21+/m0/s1/i4D3,5D3. The second-order valence-corrected chi connectivity index (χ2v) is 13.9. The van der Waals surface area contributed by atoms with Gasteiger partial charge in [-0.15, -0.1) is 0 Å². The number of hydrogen-bond donors (Lipinski definition) is 2. The number of fused-ring (bicyclic) bond motifs is 2. The van der Waals surface area contributed by atoms with Crippen molar-refractivity contribution < 1.29 is 21.4 Å². The number of hydrogen-bond acceptors (Lipinski definition) is 8. The first-order valence-corrected chi connectivity index (χ1v) is 14.9. The lowest BCUT2D eigenvalue weighted by Gasteiger charge is -2.34. The van der Waals surface area contributed by atoms with Gasteiger partial charge < -0.3 is 10.2 Å². The molecule has 0 saturated carbocycles. The molecular weight excluding hydrogens is 534 g/mol. The molecule has 2 N–H and O–H groups in total. The van der Waals surface area contributed by atoms with Crippen LogP contribution < -0.4 is 10.0 Å². The molecule has 0 bridgehead atoms. The van der Waals surface area contributed by atoms with Crippen molar-refractivity contribution in [2.45, 2.75) is 52.5 Å². The Labute approximate surface area is 243 Å². The van der Waals surface area contributed by atoms with E-state index in [0.29, 0.717) is 26.7 Å². The lowest BCUT2D eigenvalue weighted by atomic mass is 9.71. The van der Waals surface area contributed by atoms with Crippen LogP contribution in [0.3, 0.4) is 0 Å². The van der Waals surface area contributed by atoms with Gasteiger partial charge in [0.1, 0.15) is 16.2 Å². The van der Waals surface area contributed by atoms with Crippen LogP contribution >= 0.6 is 11.3 Å². The molecular formula is C27H39N7O3S2. The predicted octanol–water partition coefficient (Wildman–Crippen LogP) is 3.88. The van der Waals surface area contributed by atoms with Crippen LogP contribution in [0, 0.1) is 11.3 Å². The molecule has 0 unspecified atom stereocenters. The van der Waals surface area contributed by atoms with Gasteiger partial charge in [-0.3, -0.25) is 9.52 Å². The molecule has 0 aromatic carbocycles. The predicted molar refractivity (Wildman–Crippen MR) is 156 cm³/mol. The number of nitrogens with one attached hydrogen (secondary N) is 2. The lowest BCUT2D eigenvalue weighted by molar-refractivity contribution is 0.0932. The normalized spacial score (nSPS) is 19.8. The second kappa shape index (κ2) is 11.4. The van der Waals surface area contributed by atoms with Crippen molar-refractivity contribution in [2.75, 3.05) is 39.3 Å². The van der Waals surface area contributed by atoms with Crippen molar-refractivity contribution in [1.82, 2.24) is 29.5 Å². The van der Waals surface area contributed by atoms with E-state index in [1.54, 1.807) is 0 Å². The summed E-state index contributed by atoms with van der Waals surface area (Å²) in [6.07, 6.45) is 4.02. The Morgan fingerprint density at radius 2 is 2.03 bits per heavy atom. The Hall–Kier alpha value is -2.67. The fourth-order valence-corrected chi connectivity index (χ4v) is 5.96. The van der Waals surface area contributed by atoms with Gasteiger partial charge in [0.25, 0.3) is 5.91 Å². The quantitative estimate of drug-likeness (QED) is 0.395. The van der Waals surface area contributed by atoms with E-state index in [4.69, 9.17) is 13.2 Å². The van der Waals surface area contributed by atoms with Crippen molar-refractivity contribution in [2.24, 2.45) is 11.3 Å². The number of rotatable bonds is 9. The minimum absolute atomic E-state index is 0.0269. The largest absolute Gasteiger partial charge is 0.343 e. The summed E-state index contributed by atoms with van der Waals surface area (Å²) in [5, 5.41) is 3.01. The van der Waals surface area contributed by atoms with Crippen LogP contribution in [0.1, 0.15) is 74.5 Å². The highest BCUT2D eigenvalue weighted by Crippen LogP contribution is 2.38. The number of aryl methyl sites for hydroxylation is 1. The van der Waals surface area contributed by atoms with Crippen LogP contribution in [0.2, 0.25) is 0 Å². The summed E-state index contributed by atoms with van der Waals surface area (Å²) in [6, 6.07) is 4.05. The Morgan fingerprint density at radius 3 is 2.67 bits per heavy atom. The van der Waals surface area contributed by atoms with E-state index >= 15 is 0 Å². The Bertz CT molecular complexity index is 1620. The number of nitrogens with zero attached hydrogens (tertiary/aromatic N) is 5. The second-order valence-electron chi connectivity index (χ2n) is 11.1. The highest BCUT2D eigenvalue weighted by molar-refractivity contribution is 7.90. The first-order chi connectivity index (χ1) is 20.6. The zero-order valence-electron chi connectivity index (χ0n) is 28.8. The Morgan fingerprint density at radius 1 is 1.26 bits per heavy atom. The smallest absolute Gasteiger partial charge is 0.302 e. The molecule has 0 aliphatic heterocycles. The van der Waals surface area contributed by atoms with Crippen LogP contribution in [0.5, 0.6) is 0 Å². The number of carbonyl (C=O) groups is 1. The summed E-state index contributed by atoms with van der Waals surface area (Å²) in [6.45, 7) is 0.480. The zero-order chi connectivity index (χ0) is 33.5. The summed E-state index contributed by atoms with van der Waals surface area (Å²) >= 11 is 1.14. The van der Waals surface area contributed by atoms with Crippen LogP contribution in [0.15, 0.2) is 24.4 Å². The number of thiazole rings is 1. The third-order valence-corrected chi connectivity index (χ3v) is 9.41. The molecule has 39 heavy (non-hydrogen) atoms. The van der Waals surface area contributed by atoms with Crippen LogP contribution in [0.4, 0.5) is 5.82 Å². The maximum absolute atomic E-state index is 13.5. The van der Waals surface area contributed by atoms with Crippen molar-refractivity contribution in [1.29, 1.82) is 0 Å². The first kappa shape index (κ1) is 22.1. The molecule has 0 spiro atoms. The summed E-state index contributed by atoms with van der Waals surface area (Å²) < 4.78 is 74.0. The van der Waals surface area contributed by atoms with Gasteiger partial charge in [-0.05, 0) is 80.8 Å². The van der Waals surface area contributed by atoms with Crippen molar-refractivity contribution >= 4 is 43.6 Å². The molecule has 4 rings (SSSR count). The van der Waals surface area contributed by atoms with Crippen molar-refractivity contribution in [3.8, 4) is 0 Å². The zero-order valence-corrected chi connectivity index (χ0v) is 24.4. The molecule has 3 heterocycles. The Kier molecular flexibility index (Phi) is 6.47. The van der Waals surface area contributed by atoms with Gasteiger partial charge in [-0.25, -0.2) is 15.0 Å². The molecule has 1 aliphatic rings. The summed E-state index contributed by atoms with van der Waals surface area (Å²) in [4.78, 5) is 28.1. The molecule has 0 radical (unpaired) electrons. The van der Waals surface area contributed by atoms with Crippen LogP contribution in [-0.2, 0) is 23.1 Å². The third kappa shape index (κ3) is 7.10. The van der Waals surface area contributed by atoms with E-state index in [0.717, 1.165) is 46.2 Å². The molecule has 3 aromatic rings. The number of carbonyl (C=O) groups excluding carboxylic acids is 1. The maximum atomic E-state index is 13.5. The highest BCUT2D eigenvalue weighted by atomic mass is 32.2. The van der Waals surface area contributed by atoms with Gasteiger partial charge in [0, 0.05) is 34.2 Å². The van der Waals surface area contributed by atoms with Crippen LogP contribution in [-0.4, -0.2) is 73.1 Å². The van der Waals surface area contributed by atoms with E-state index in [9.17, 15) is 13.2 Å². The SMILES string of the molecule is [2H]C([2H])([2H])N(CC[C@@H](NC(=O)c1nc2cc3c(nc2s1)CC[C@H](C(C)(C)C)C3)c1ccc(NS(=O)(=O)N(C)C)nc1)C([2H])([2H])[2H].